The lowest BCUT2D eigenvalue weighted by Crippen LogP contribution is -2.27. The third-order valence-electron chi connectivity index (χ3n) is 3.84. The second-order valence-corrected chi connectivity index (χ2v) is 6.07. The lowest BCUT2D eigenvalue weighted by atomic mass is 10.0. The molecule has 5 heteroatoms. The molecular weight excluding hydrogens is 326 g/mol. The minimum atomic E-state index is -0.731. The van der Waals surface area contributed by atoms with Crippen molar-refractivity contribution < 1.29 is 14.3 Å². The molecule has 1 unspecified atom stereocenters. The highest BCUT2D eigenvalue weighted by Gasteiger charge is 2.22. The van der Waals surface area contributed by atoms with E-state index in [1.807, 2.05) is 38.1 Å². The number of hydrogen-bond acceptors (Lipinski definition) is 3. The van der Waals surface area contributed by atoms with Crippen LogP contribution in [-0.4, -0.2) is 20.1 Å². The Labute approximate surface area is 147 Å². The van der Waals surface area contributed by atoms with Crippen LogP contribution in [0.2, 0.25) is 5.02 Å². The van der Waals surface area contributed by atoms with Crippen LogP contribution in [0.5, 0.6) is 5.75 Å². The molecule has 0 radical (unpaired) electrons. The number of rotatable bonds is 6. The van der Waals surface area contributed by atoms with Gasteiger partial charge in [-0.05, 0) is 54.3 Å². The molecule has 2 aromatic rings. The van der Waals surface area contributed by atoms with Crippen LogP contribution >= 0.6 is 11.6 Å². The molecule has 1 atom stereocenters. The minimum absolute atomic E-state index is 0.229. The molecule has 0 aromatic heterocycles. The number of benzene rings is 2. The van der Waals surface area contributed by atoms with Crippen LogP contribution in [0.15, 0.2) is 36.4 Å². The van der Waals surface area contributed by atoms with E-state index in [0.29, 0.717) is 17.2 Å². The summed E-state index contributed by atoms with van der Waals surface area (Å²) in [5.41, 5.74) is 3.75. The number of nitrogens with one attached hydrogen (secondary N) is 1. The van der Waals surface area contributed by atoms with E-state index in [9.17, 15) is 4.79 Å². The average Bonchev–Trinajstić information content (AvgIpc) is 2.57. The topological polar surface area (TPSA) is 47.6 Å². The fourth-order valence-electron chi connectivity index (χ4n) is 2.47. The van der Waals surface area contributed by atoms with Crippen molar-refractivity contribution in [3.05, 3.63) is 63.7 Å². The molecule has 0 aliphatic heterocycles. The first-order valence-corrected chi connectivity index (χ1v) is 8.06. The van der Waals surface area contributed by atoms with Crippen LogP contribution in [0.25, 0.3) is 0 Å². The van der Waals surface area contributed by atoms with Gasteiger partial charge in [0.05, 0.1) is 0 Å². The standard InChI is InChI=1S/C19H22ClNO3/c1-12-5-6-13(2)17(9-12)24-11-14-7-8-15(20)10-16(14)18(23-4)19(22)21-3/h5-10,18H,11H2,1-4H3,(H,21,22). The summed E-state index contributed by atoms with van der Waals surface area (Å²) in [4.78, 5) is 12.1. The van der Waals surface area contributed by atoms with Gasteiger partial charge in [0.15, 0.2) is 6.10 Å². The normalized spacial score (nSPS) is 11.9. The van der Waals surface area contributed by atoms with E-state index in [0.717, 1.165) is 22.4 Å². The molecule has 0 aliphatic carbocycles. The van der Waals surface area contributed by atoms with Crippen molar-refractivity contribution in [3.8, 4) is 5.75 Å². The number of likely N-dealkylation sites (N-methyl/N-ethyl adjacent to an activating group) is 1. The van der Waals surface area contributed by atoms with Crippen molar-refractivity contribution in [2.45, 2.75) is 26.6 Å². The second kappa shape index (κ2) is 8.18. The van der Waals surface area contributed by atoms with Gasteiger partial charge in [0.2, 0.25) is 0 Å². The summed E-state index contributed by atoms with van der Waals surface area (Å²) < 4.78 is 11.3. The Balaban J connectivity index is 2.30. The van der Waals surface area contributed by atoms with Crippen molar-refractivity contribution >= 4 is 17.5 Å². The van der Waals surface area contributed by atoms with Crippen molar-refractivity contribution in [1.82, 2.24) is 5.32 Å². The molecule has 2 rings (SSSR count). The predicted molar refractivity (Wildman–Crippen MR) is 95.5 cm³/mol. The maximum absolute atomic E-state index is 12.1. The van der Waals surface area contributed by atoms with Crippen molar-refractivity contribution in [3.63, 3.8) is 0 Å². The number of hydrogen-bond donors (Lipinski definition) is 1. The maximum Gasteiger partial charge on any atom is 0.253 e. The number of amides is 1. The zero-order chi connectivity index (χ0) is 17.7. The summed E-state index contributed by atoms with van der Waals surface area (Å²) in [6.45, 7) is 4.35. The summed E-state index contributed by atoms with van der Waals surface area (Å²) >= 11 is 6.10. The number of aryl methyl sites for hydroxylation is 2. The number of carbonyl (C=O) groups excluding carboxylic acids is 1. The van der Waals surface area contributed by atoms with Crippen LogP contribution < -0.4 is 10.1 Å². The highest BCUT2D eigenvalue weighted by atomic mass is 35.5. The van der Waals surface area contributed by atoms with E-state index < -0.39 is 6.10 Å². The highest BCUT2D eigenvalue weighted by Crippen LogP contribution is 2.27. The molecule has 0 aliphatic rings. The molecule has 0 spiro atoms. The van der Waals surface area contributed by atoms with E-state index in [-0.39, 0.29) is 5.91 Å². The first-order chi connectivity index (χ1) is 11.5. The lowest BCUT2D eigenvalue weighted by Gasteiger charge is -2.19. The van der Waals surface area contributed by atoms with E-state index in [1.165, 1.54) is 7.11 Å². The Morgan fingerprint density at radius 1 is 1.21 bits per heavy atom. The number of carbonyl (C=O) groups is 1. The van der Waals surface area contributed by atoms with Crippen molar-refractivity contribution in [2.24, 2.45) is 0 Å². The van der Waals surface area contributed by atoms with Gasteiger partial charge in [0.25, 0.3) is 5.91 Å². The summed E-state index contributed by atoms with van der Waals surface area (Å²) in [6.07, 6.45) is -0.731. The third-order valence-corrected chi connectivity index (χ3v) is 4.07. The molecule has 128 valence electrons. The van der Waals surface area contributed by atoms with Gasteiger partial charge in [-0.25, -0.2) is 0 Å². The van der Waals surface area contributed by atoms with Crippen LogP contribution in [0.1, 0.15) is 28.4 Å². The SMILES string of the molecule is CNC(=O)C(OC)c1cc(Cl)ccc1COc1cc(C)ccc1C. The smallest absolute Gasteiger partial charge is 0.253 e. The number of halogens is 1. The first-order valence-electron chi connectivity index (χ1n) is 7.69. The van der Waals surface area contributed by atoms with Crippen LogP contribution in [0.4, 0.5) is 0 Å². The zero-order valence-corrected chi connectivity index (χ0v) is 15.1. The quantitative estimate of drug-likeness (QED) is 0.860. The van der Waals surface area contributed by atoms with Crippen molar-refractivity contribution in [1.29, 1.82) is 0 Å². The molecule has 1 amide bonds. The summed E-state index contributed by atoms with van der Waals surface area (Å²) in [6, 6.07) is 11.4. The van der Waals surface area contributed by atoms with Gasteiger partial charge in [0, 0.05) is 19.2 Å². The van der Waals surface area contributed by atoms with Gasteiger partial charge >= 0.3 is 0 Å². The van der Waals surface area contributed by atoms with Gasteiger partial charge in [-0.2, -0.15) is 0 Å². The monoisotopic (exact) mass is 347 g/mol. The molecule has 0 heterocycles. The third kappa shape index (κ3) is 4.28. The fourth-order valence-corrected chi connectivity index (χ4v) is 2.65. The Hall–Kier alpha value is -2.04. The summed E-state index contributed by atoms with van der Waals surface area (Å²) in [5.74, 6) is 0.595. The van der Waals surface area contributed by atoms with Gasteiger partial charge in [-0.15, -0.1) is 0 Å². The predicted octanol–water partition coefficient (Wildman–Crippen LogP) is 3.97. The molecule has 0 saturated heterocycles. The van der Waals surface area contributed by atoms with Crippen molar-refractivity contribution in [2.75, 3.05) is 14.2 Å². The Morgan fingerprint density at radius 2 is 1.96 bits per heavy atom. The Bertz CT molecular complexity index is 731. The minimum Gasteiger partial charge on any atom is -0.489 e. The zero-order valence-electron chi connectivity index (χ0n) is 14.4. The van der Waals surface area contributed by atoms with E-state index in [4.69, 9.17) is 21.1 Å². The number of methoxy groups -OCH3 is 1. The first kappa shape index (κ1) is 18.3. The molecule has 0 bridgehead atoms. The lowest BCUT2D eigenvalue weighted by molar-refractivity contribution is -0.130. The van der Waals surface area contributed by atoms with E-state index in [1.54, 1.807) is 19.2 Å². The highest BCUT2D eigenvalue weighted by molar-refractivity contribution is 6.30. The molecule has 0 saturated carbocycles. The molecule has 24 heavy (non-hydrogen) atoms. The molecule has 1 N–H and O–H groups in total. The van der Waals surface area contributed by atoms with Crippen LogP contribution in [0.3, 0.4) is 0 Å². The fraction of sp³-hybridized carbons (Fsp3) is 0.316. The summed E-state index contributed by atoms with van der Waals surface area (Å²) in [5, 5.41) is 3.15. The number of ether oxygens (including phenoxy) is 2. The van der Waals surface area contributed by atoms with Gasteiger partial charge in [-0.1, -0.05) is 29.8 Å². The van der Waals surface area contributed by atoms with Gasteiger partial charge < -0.3 is 14.8 Å². The van der Waals surface area contributed by atoms with E-state index >= 15 is 0 Å². The molecule has 0 fully saturated rings. The largest absolute Gasteiger partial charge is 0.489 e. The molecule has 2 aromatic carbocycles. The summed E-state index contributed by atoms with van der Waals surface area (Å²) in [7, 11) is 3.07. The van der Waals surface area contributed by atoms with Crippen LogP contribution in [0, 0.1) is 13.8 Å². The van der Waals surface area contributed by atoms with Gasteiger partial charge in [-0.3, -0.25) is 4.79 Å². The van der Waals surface area contributed by atoms with E-state index in [2.05, 4.69) is 5.32 Å². The Kier molecular flexibility index (Phi) is 6.23. The average molecular weight is 348 g/mol. The molecule has 4 nitrogen and oxygen atoms in total. The second-order valence-electron chi connectivity index (χ2n) is 5.63. The van der Waals surface area contributed by atoms with Crippen LogP contribution in [-0.2, 0) is 16.1 Å². The Morgan fingerprint density at radius 3 is 2.62 bits per heavy atom. The van der Waals surface area contributed by atoms with Gasteiger partial charge in [0.1, 0.15) is 12.4 Å². The maximum atomic E-state index is 12.1. The molecular formula is C19H22ClNO3.